The second-order valence-corrected chi connectivity index (χ2v) is 15.2. The number of hydrogen-bond acceptors (Lipinski definition) is 1. The molecule has 2 nitrogen and oxygen atoms in total. The average Bonchev–Trinajstić information content (AvgIpc) is 2.83. The van der Waals surface area contributed by atoms with Crippen LogP contribution in [0.5, 0.6) is 0 Å². The van der Waals surface area contributed by atoms with Crippen LogP contribution in [0.2, 0.25) is 16.6 Å². The van der Waals surface area contributed by atoms with Gasteiger partial charge in [0.05, 0.1) is 11.1 Å². The zero-order chi connectivity index (χ0) is 21.1. The van der Waals surface area contributed by atoms with Gasteiger partial charge in [0.15, 0.2) is 20.2 Å². The Morgan fingerprint density at radius 1 is 1.07 bits per heavy atom. The van der Waals surface area contributed by atoms with E-state index in [2.05, 4.69) is 41.5 Å². The van der Waals surface area contributed by atoms with Crippen molar-refractivity contribution in [2.75, 3.05) is 0 Å². The fourth-order valence-electron chi connectivity index (χ4n) is 5.39. The van der Waals surface area contributed by atoms with Crippen LogP contribution in [0, 0.1) is 5.41 Å². The largest absolute Gasteiger partial charge is 0.418 e. The fraction of sp³-hybridized carbons (Fsp3) is 0.750. The first-order valence-electron chi connectivity index (χ1n) is 9.60. The molecule has 1 atom stereocenters. The molecular weight excluding hydrogens is 374 g/mol. The van der Waals surface area contributed by atoms with Crippen molar-refractivity contribution in [3.8, 4) is 0 Å². The number of alkyl halides is 4. The van der Waals surface area contributed by atoms with E-state index in [0.717, 1.165) is 6.20 Å². The molecule has 0 fully saturated rings. The summed E-state index contributed by atoms with van der Waals surface area (Å²) < 4.78 is 57.9. The Labute approximate surface area is 160 Å². The number of ketones is 1. The summed E-state index contributed by atoms with van der Waals surface area (Å²) in [6.45, 7) is 15.6. The van der Waals surface area contributed by atoms with Crippen LogP contribution in [0.15, 0.2) is 6.20 Å². The van der Waals surface area contributed by atoms with Gasteiger partial charge in [0.2, 0.25) is 0 Å². The molecule has 1 unspecified atom stereocenters. The lowest BCUT2D eigenvalue weighted by molar-refractivity contribution is -0.138. The van der Waals surface area contributed by atoms with Gasteiger partial charge in [-0.2, -0.15) is 13.2 Å². The van der Waals surface area contributed by atoms with E-state index >= 15 is 0 Å². The van der Waals surface area contributed by atoms with Crippen molar-refractivity contribution in [1.29, 1.82) is 0 Å². The highest BCUT2D eigenvalue weighted by atomic mass is 28.3. The van der Waals surface area contributed by atoms with E-state index < -0.39 is 42.9 Å². The minimum absolute atomic E-state index is 0.131. The predicted octanol–water partition coefficient (Wildman–Crippen LogP) is 6.63. The third-order valence-corrected chi connectivity index (χ3v) is 13.2. The number of rotatable bonds is 4. The average molecular weight is 406 g/mol. The maximum absolute atomic E-state index is 14.7. The minimum atomic E-state index is -4.68. The molecule has 1 aliphatic carbocycles. The highest BCUT2D eigenvalue weighted by molar-refractivity contribution is 6.82. The third kappa shape index (κ3) is 3.19. The lowest BCUT2D eigenvalue weighted by Crippen LogP contribution is -2.53. The predicted molar refractivity (Wildman–Crippen MR) is 103 cm³/mol. The molecule has 1 aromatic rings. The summed E-state index contributed by atoms with van der Waals surface area (Å²) >= 11 is 0. The SMILES string of the molecule is CC(C)[Si](C(C)C)(C(C)C)n1cc(C(F)(F)F)c2c1CC(C)(C)C(F)C2=O. The lowest BCUT2D eigenvalue weighted by atomic mass is 9.74. The van der Waals surface area contributed by atoms with E-state index in [4.69, 9.17) is 0 Å². The zero-order valence-electron chi connectivity index (χ0n) is 17.5. The highest BCUT2D eigenvalue weighted by Crippen LogP contribution is 2.49. The van der Waals surface area contributed by atoms with Gasteiger partial charge in [0, 0.05) is 17.3 Å². The van der Waals surface area contributed by atoms with E-state index in [1.54, 1.807) is 13.8 Å². The number of carbonyl (C=O) groups is 1. The number of fused-ring (bicyclic) bond motifs is 1. The standard InChI is InChI=1S/C20H31F4NOSi/c1-11(2)27(12(3)4,13(5)6)25-10-14(20(22,23)24)16-15(25)9-19(7,8)18(21)17(16)26/h10-13,18H,9H2,1-8H3. The first kappa shape index (κ1) is 22.2. The summed E-state index contributed by atoms with van der Waals surface area (Å²) in [7, 11) is -2.51. The van der Waals surface area contributed by atoms with Crippen molar-refractivity contribution in [1.82, 2.24) is 4.23 Å². The Bertz CT molecular complexity index is 709. The summed E-state index contributed by atoms with van der Waals surface area (Å²) in [6, 6.07) is 0. The third-order valence-electron chi connectivity index (χ3n) is 6.39. The van der Waals surface area contributed by atoms with Crippen molar-refractivity contribution in [2.24, 2.45) is 5.41 Å². The van der Waals surface area contributed by atoms with E-state index in [1.165, 1.54) is 0 Å². The van der Waals surface area contributed by atoms with E-state index in [1.807, 2.05) is 4.23 Å². The first-order chi connectivity index (χ1) is 12.1. The number of Topliss-reactive ketones (excluding diaryl/α,β-unsaturated/α-hetero) is 1. The van der Waals surface area contributed by atoms with Gasteiger partial charge in [-0.1, -0.05) is 55.4 Å². The van der Waals surface area contributed by atoms with E-state index in [0.29, 0.717) is 5.69 Å². The smallest absolute Gasteiger partial charge is 0.376 e. The Morgan fingerprint density at radius 3 is 1.89 bits per heavy atom. The van der Waals surface area contributed by atoms with Gasteiger partial charge < -0.3 is 4.23 Å². The van der Waals surface area contributed by atoms with Gasteiger partial charge in [0.25, 0.3) is 0 Å². The highest BCUT2D eigenvalue weighted by Gasteiger charge is 2.53. The molecule has 7 heteroatoms. The van der Waals surface area contributed by atoms with E-state index in [9.17, 15) is 22.4 Å². The molecule has 0 saturated carbocycles. The topological polar surface area (TPSA) is 22.0 Å². The quantitative estimate of drug-likeness (QED) is 0.407. The van der Waals surface area contributed by atoms with Gasteiger partial charge in [-0.15, -0.1) is 0 Å². The van der Waals surface area contributed by atoms with Crippen LogP contribution in [0.1, 0.15) is 77.0 Å². The van der Waals surface area contributed by atoms with Crippen LogP contribution < -0.4 is 0 Å². The zero-order valence-corrected chi connectivity index (χ0v) is 18.5. The Balaban J connectivity index is 2.95. The molecule has 27 heavy (non-hydrogen) atoms. The molecule has 1 aromatic heterocycles. The summed E-state index contributed by atoms with van der Waals surface area (Å²) in [5.41, 5.74) is -1.56. The lowest BCUT2D eigenvalue weighted by Gasteiger charge is -2.46. The second kappa shape index (κ2) is 6.74. The van der Waals surface area contributed by atoms with Crippen molar-refractivity contribution in [3.63, 3.8) is 0 Å². The molecule has 0 amide bonds. The molecular formula is C20H31F4NOSi. The summed E-state index contributed by atoms with van der Waals surface area (Å²) in [4.78, 5) is 12.7. The van der Waals surface area contributed by atoms with Crippen molar-refractivity contribution < 1.29 is 22.4 Å². The van der Waals surface area contributed by atoms with Gasteiger partial charge in [-0.25, -0.2) is 4.39 Å². The fourth-order valence-corrected chi connectivity index (χ4v) is 12.1. The van der Waals surface area contributed by atoms with Gasteiger partial charge >= 0.3 is 6.18 Å². The molecule has 0 bridgehead atoms. The summed E-state index contributed by atoms with van der Waals surface area (Å²) in [5, 5.41) is 0. The molecule has 0 saturated heterocycles. The van der Waals surface area contributed by atoms with Gasteiger partial charge in [0.1, 0.15) is 0 Å². The van der Waals surface area contributed by atoms with Gasteiger partial charge in [-0.05, 0) is 23.0 Å². The van der Waals surface area contributed by atoms with Crippen molar-refractivity contribution in [3.05, 3.63) is 23.0 Å². The second-order valence-electron chi connectivity index (χ2n) is 9.48. The molecule has 0 N–H and O–H groups in total. The number of nitrogens with zero attached hydrogens (tertiary/aromatic N) is 1. The molecule has 2 rings (SSSR count). The normalized spacial score (nSPS) is 20.7. The molecule has 0 radical (unpaired) electrons. The number of aromatic nitrogens is 1. The maximum Gasteiger partial charge on any atom is 0.418 e. The van der Waals surface area contributed by atoms with Gasteiger partial charge in [-0.3, -0.25) is 4.79 Å². The van der Waals surface area contributed by atoms with Crippen LogP contribution in [0.4, 0.5) is 17.6 Å². The van der Waals surface area contributed by atoms with Crippen LogP contribution >= 0.6 is 0 Å². The van der Waals surface area contributed by atoms with Crippen LogP contribution in [-0.2, 0) is 12.6 Å². The molecule has 0 aliphatic heterocycles. The summed E-state index contributed by atoms with van der Waals surface area (Å²) in [5.74, 6) is -1.02. The Morgan fingerprint density at radius 2 is 1.52 bits per heavy atom. The van der Waals surface area contributed by atoms with Crippen LogP contribution in [0.25, 0.3) is 0 Å². The first-order valence-corrected chi connectivity index (χ1v) is 11.8. The Hall–Kier alpha value is -1.11. The number of halogens is 4. The molecule has 154 valence electrons. The van der Waals surface area contributed by atoms with Crippen molar-refractivity contribution >= 4 is 14.0 Å². The van der Waals surface area contributed by atoms with E-state index in [-0.39, 0.29) is 23.0 Å². The minimum Gasteiger partial charge on any atom is -0.376 e. The Kier molecular flexibility index (Phi) is 5.54. The maximum atomic E-state index is 14.7. The molecule has 1 heterocycles. The van der Waals surface area contributed by atoms with Crippen LogP contribution in [0.3, 0.4) is 0 Å². The molecule has 0 spiro atoms. The number of hydrogen-bond donors (Lipinski definition) is 0. The van der Waals surface area contributed by atoms with Crippen molar-refractivity contribution in [2.45, 2.75) is 90.8 Å². The number of carbonyl (C=O) groups excluding carboxylic acids is 1. The molecule has 0 aromatic carbocycles. The monoisotopic (exact) mass is 405 g/mol. The van der Waals surface area contributed by atoms with Crippen LogP contribution in [-0.4, -0.2) is 24.4 Å². The molecule has 1 aliphatic rings. The summed E-state index contributed by atoms with van der Waals surface area (Å²) in [6.07, 6.45) is -5.35.